The Kier molecular flexibility index (Phi) is 17.1. The number of ether oxygens (including phenoxy) is 4. The van der Waals surface area contributed by atoms with E-state index in [1.165, 1.54) is 0 Å². The van der Waals surface area contributed by atoms with Gasteiger partial charge in [0.05, 0.1) is 22.4 Å². The monoisotopic (exact) mass is 1020 g/mol. The molecule has 402 valence electrons. The topological polar surface area (TPSA) is 215 Å². The van der Waals surface area contributed by atoms with Gasteiger partial charge in [-0.05, 0) is 197 Å². The molecule has 2 aromatic carbocycles. The van der Waals surface area contributed by atoms with E-state index in [0.717, 1.165) is 33.2 Å². The molecule has 0 spiro atoms. The van der Waals surface area contributed by atoms with Gasteiger partial charge in [-0.15, -0.1) is 0 Å². The van der Waals surface area contributed by atoms with Crippen LogP contribution in [0.15, 0.2) is 46.4 Å². The molecule has 20 heteroatoms. The van der Waals surface area contributed by atoms with E-state index >= 15 is 0 Å². The Labute approximate surface area is 434 Å². The van der Waals surface area contributed by atoms with Crippen molar-refractivity contribution in [1.29, 1.82) is 0 Å². The maximum atomic E-state index is 13.1. The summed E-state index contributed by atoms with van der Waals surface area (Å²) in [6, 6.07) is 12.6. The molecule has 18 nitrogen and oxygen atoms in total. The Morgan fingerprint density at radius 3 is 0.973 bits per heavy atom. The highest BCUT2D eigenvalue weighted by Crippen LogP contribution is 2.54. The first-order valence-electron chi connectivity index (χ1n) is 25.3. The van der Waals surface area contributed by atoms with E-state index in [0.29, 0.717) is 25.7 Å². The molecule has 0 atom stereocenters. The average molecular weight is 1020 g/mol. The fraction of sp³-hybridized carbons (Fsp3) is 0.660. The molecule has 73 heavy (non-hydrogen) atoms. The van der Waals surface area contributed by atoms with Crippen molar-refractivity contribution in [2.75, 3.05) is 13.1 Å². The first-order valence-corrected chi connectivity index (χ1v) is 25.3. The molecule has 0 radical (unpaired) electrons. The number of amides is 4. The molecule has 2 heterocycles. The molecule has 2 fully saturated rings. The molecule has 2 saturated heterocycles. The number of nitrogens with zero attached hydrogens (tertiary/aromatic N) is 2. The third kappa shape index (κ3) is 15.5. The lowest BCUT2D eigenvalue weighted by atomic mass is 9.67. The van der Waals surface area contributed by atoms with Gasteiger partial charge in [0.1, 0.15) is 22.4 Å². The van der Waals surface area contributed by atoms with E-state index in [1.807, 2.05) is 67.5 Å². The van der Waals surface area contributed by atoms with Crippen molar-refractivity contribution in [3.05, 3.63) is 47.5 Å². The highest BCUT2D eigenvalue weighted by atomic mass is 16.7. The number of guanidine groups is 2. The maximum Gasteiger partial charge on any atom is 0.494 e. The molecule has 0 unspecified atom stereocenters. The lowest BCUT2D eigenvalue weighted by Gasteiger charge is -2.33. The summed E-state index contributed by atoms with van der Waals surface area (Å²) in [6.07, 6.45) is -1.29. The van der Waals surface area contributed by atoms with Crippen LogP contribution in [0, 0.1) is 0 Å². The predicted molar refractivity (Wildman–Crippen MR) is 285 cm³/mol. The lowest BCUT2D eigenvalue weighted by molar-refractivity contribution is 0.00578. The first-order chi connectivity index (χ1) is 33.2. The van der Waals surface area contributed by atoms with Crippen LogP contribution < -0.4 is 32.2 Å². The van der Waals surface area contributed by atoms with Crippen LogP contribution >= 0.6 is 0 Å². The van der Waals surface area contributed by atoms with Crippen molar-refractivity contribution in [2.45, 2.75) is 214 Å². The van der Waals surface area contributed by atoms with E-state index in [4.69, 9.17) is 47.5 Å². The number of hydrogen-bond donors (Lipinski definition) is 4. The smallest absolute Gasteiger partial charge is 0.444 e. The number of nitrogens with one attached hydrogen (secondary N) is 4. The Hall–Kier alpha value is -5.17. The highest BCUT2D eigenvalue weighted by molar-refractivity contribution is 6.62. The Morgan fingerprint density at radius 1 is 0.466 bits per heavy atom. The van der Waals surface area contributed by atoms with Gasteiger partial charge in [-0.25, -0.2) is 19.2 Å². The third-order valence-corrected chi connectivity index (χ3v) is 13.0. The zero-order chi connectivity index (χ0) is 55.0. The van der Waals surface area contributed by atoms with Crippen molar-refractivity contribution in [1.82, 2.24) is 21.3 Å². The first kappa shape index (κ1) is 58.7. The van der Waals surface area contributed by atoms with E-state index in [2.05, 4.69) is 45.5 Å². The summed E-state index contributed by atoms with van der Waals surface area (Å²) in [4.78, 5) is 61.7. The van der Waals surface area contributed by atoms with Gasteiger partial charge >= 0.3 is 38.6 Å². The fourth-order valence-corrected chi connectivity index (χ4v) is 8.41. The van der Waals surface area contributed by atoms with E-state index in [1.54, 1.807) is 83.1 Å². The summed E-state index contributed by atoms with van der Waals surface area (Å²) >= 11 is 0. The molecule has 2 aromatic rings. The zero-order valence-electron chi connectivity index (χ0n) is 47.2. The van der Waals surface area contributed by atoms with Crippen molar-refractivity contribution in [2.24, 2.45) is 9.98 Å². The molecule has 1 aliphatic carbocycles. The Balaban J connectivity index is 1.63. The second kappa shape index (κ2) is 21.2. The van der Waals surface area contributed by atoms with Crippen LogP contribution in [0.4, 0.5) is 19.2 Å². The van der Waals surface area contributed by atoms with E-state index in [9.17, 15) is 19.2 Å². The number of carbonyl (C=O) groups excluding carboxylic acids is 4. The van der Waals surface area contributed by atoms with Gasteiger partial charge in [0.15, 0.2) is 0 Å². The number of benzene rings is 2. The summed E-state index contributed by atoms with van der Waals surface area (Å²) in [5.74, 6) is -0.264. The molecule has 2 aliphatic heterocycles. The number of fused-ring (bicyclic) bond motifs is 3. The molecule has 3 aliphatic rings. The Morgan fingerprint density at radius 2 is 0.726 bits per heavy atom. The summed E-state index contributed by atoms with van der Waals surface area (Å²) in [7, 11) is -1.32. The van der Waals surface area contributed by atoms with Gasteiger partial charge in [0, 0.05) is 18.5 Å². The molecule has 0 aromatic heterocycles. The molecular formula is C53H82B2N6O12. The zero-order valence-corrected chi connectivity index (χ0v) is 47.2. The summed E-state index contributed by atoms with van der Waals surface area (Å²) in [6.45, 7) is 37.3. The van der Waals surface area contributed by atoms with Crippen LogP contribution in [-0.2, 0) is 43.0 Å². The quantitative estimate of drug-likeness (QED) is 0.0577. The van der Waals surface area contributed by atoms with Gasteiger partial charge in [0.2, 0.25) is 11.9 Å². The average Bonchev–Trinajstić information content (AvgIpc) is 3.68. The second-order valence-electron chi connectivity index (χ2n) is 25.0. The lowest BCUT2D eigenvalue weighted by Crippen LogP contribution is -2.47. The molecule has 5 rings (SSSR count). The number of alkyl carbamates (subject to hydrolysis) is 4. The van der Waals surface area contributed by atoms with Crippen LogP contribution in [0.1, 0.15) is 175 Å². The van der Waals surface area contributed by atoms with Crippen LogP contribution in [-0.4, -0.2) is 108 Å². The standard InChI is InChI=1S/C53H82B2N6O12/c1-45(2,3)66-41(62)58-39(59-42(63)67-46(4,5)6)56-29-21-27-53(28-22-30-57-40(60-43(64)68-47(7,8)9)61-44(65)69-48(10,11)12)37-31-33(54-70-49(13,14)50(15,16)71-54)23-25-35(37)36-26-24-34(32-38(36)53)55-72-51(17,18)52(19,20)73-55/h23-26,31-32H,21-22,27-30H2,1-20H3,(H2,56,58,59,62,63)(H2,57,60,61,64,65). The van der Waals surface area contributed by atoms with Crippen molar-refractivity contribution in [3.8, 4) is 11.1 Å². The van der Waals surface area contributed by atoms with Crippen LogP contribution in [0.5, 0.6) is 0 Å². The number of hydrogen-bond acceptors (Lipinski definition) is 14. The maximum absolute atomic E-state index is 13.1. The van der Waals surface area contributed by atoms with E-state index < -0.39 is 88.8 Å². The number of aliphatic imine (C=N–C) groups is 2. The molecular weight excluding hydrogens is 934 g/mol. The minimum atomic E-state index is -0.822. The molecule has 0 saturated carbocycles. The highest BCUT2D eigenvalue weighted by Gasteiger charge is 2.54. The number of carbonyl (C=O) groups is 4. The van der Waals surface area contributed by atoms with Crippen LogP contribution in [0.25, 0.3) is 11.1 Å². The van der Waals surface area contributed by atoms with Crippen molar-refractivity contribution >= 4 is 61.5 Å². The minimum Gasteiger partial charge on any atom is -0.444 e. The fourth-order valence-electron chi connectivity index (χ4n) is 8.41. The van der Waals surface area contributed by atoms with Gasteiger partial charge in [0.25, 0.3) is 0 Å². The van der Waals surface area contributed by atoms with Crippen molar-refractivity contribution in [3.63, 3.8) is 0 Å². The third-order valence-electron chi connectivity index (χ3n) is 13.0. The SMILES string of the molecule is CC(C)(C)OC(=O)NC(=NCCCC1(CCCN=C(NC(=O)OC(C)(C)C)NC(=O)OC(C)(C)C)c2cc(B3OC(C)(C)C(C)(C)O3)ccc2-c2ccc(B3OC(C)(C)C(C)(C)O3)cc21)NC(=O)OC(C)(C)C. The van der Waals surface area contributed by atoms with E-state index in [-0.39, 0.29) is 25.0 Å². The molecule has 0 bridgehead atoms. The molecule has 4 amide bonds. The normalized spacial score (nSPS) is 18.1. The van der Waals surface area contributed by atoms with Gasteiger partial charge in [-0.1, -0.05) is 36.4 Å². The summed E-state index contributed by atoms with van der Waals surface area (Å²) in [5, 5.41) is 10.4. The summed E-state index contributed by atoms with van der Waals surface area (Å²) in [5.41, 5.74) is -0.670. The number of rotatable bonds is 10. The predicted octanol–water partition coefficient (Wildman–Crippen LogP) is 8.92. The summed E-state index contributed by atoms with van der Waals surface area (Å²) < 4.78 is 48.5. The van der Waals surface area contributed by atoms with Crippen molar-refractivity contribution < 1.29 is 56.7 Å². The van der Waals surface area contributed by atoms with Crippen LogP contribution in [0.2, 0.25) is 0 Å². The second-order valence-corrected chi connectivity index (χ2v) is 25.0. The van der Waals surface area contributed by atoms with Gasteiger partial charge in [-0.3, -0.25) is 31.3 Å². The Bertz CT molecular complexity index is 2180. The largest absolute Gasteiger partial charge is 0.494 e. The molecule has 4 N–H and O–H groups in total. The minimum absolute atomic E-state index is 0.132. The van der Waals surface area contributed by atoms with Gasteiger partial charge < -0.3 is 37.6 Å². The van der Waals surface area contributed by atoms with Crippen LogP contribution in [0.3, 0.4) is 0 Å². The van der Waals surface area contributed by atoms with Gasteiger partial charge in [-0.2, -0.15) is 0 Å².